The number of rotatable bonds is 6. The van der Waals surface area contributed by atoms with Crippen molar-refractivity contribution in [3.63, 3.8) is 0 Å². The lowest BCUT2D eigenvalue weighted by molar-refractivity contribution is -0.141. The molecule has 2 aromatic rings. The number of likely N-dealkylation sites (tertiary alicyclic amines) is 1. The van der Waals surface area contributed by atoms with E-state index < -0.39 is 11.9 Å². The molecule has 2 heterocycles. The predicted molar refractivity (Wildman–Crippen MR) is 92.8 cm³/mol. The maximum absolute atomic E-state index is 11.9. The molecule has 9 heteroatoms. The maximum Gasteiger partial charge on any atom is 0.308 e. The summed E-state index contributed by atoms with van der Waals surface area (Å²) in [6, 6.07) is 7.25. The Hall–Kier alpha value is -3.36. The van der Waals surface area contributed by atoms with Gasteiger partial charge in [-0.15, -0.1) is 0 Å². The second kappa shape index (κ2) is 7.26. The normalized spacial score (nSPS) is 16.7. The van der Waals surface area contributed by atoms with E-state index in [4.69, 9.17) is 21.3 Å². The van der Waals surface area contributed by atoms with Crippen molar-refractivity contribution in [1.82, 2.24) is 14.9 Å². The number of hydrogen-bond donors (Lipinski definition) is 3. The fraction of sp³-hybridized carbons (Fsp3) is 0.294. The molecule has 0 bridgehead atoms. The van der Waals surface area contributed by atoms with Gasteiger partial charge in [0.15, 0.2) is 0 Å². The van der Waals surface area contributed by atoms with E-state index in [1.54, 1.807) is 17.0 Å². The Morgan fingerprint density at radius 2 is 2.19 bits per heavy atom. The number of hydrogen-bond acceptors (Lipinski definition) is 7. The second-order valence-corrected chi connectivity index (χ2v) is 6.09. The second-order valence-electron chi connectivity index (χ2n) is 6.09. The van der Waals surface area contributed by atoms with Crippen molar-refractivity contribution in [3.05, 3.63) is 41.6 Å². The van der Waals surface area contributed by atoms with Gasteiger partial charge in [0.2, 0.25) is 11.9 Å². The molecule has 26 heavy (non-hydrogen) atoms. The van der Waals surface area contributed by atoms with Crippen LogP contribution in [0.5, 0.6) is 5.75 Å². The van der Waals surface area contributed by atoms with E-state index >= 15 is 0 Å². The van der Waals surface area contributed by atoms with Crippen LogP contribution in [0.15, 0.2) is 30.5 Å². The lowest BCUT2D eigenvalue weighted by atomic mass is 10.1. The van der Waals surface area contributed by atoms with Crippen LogP contribution >= 0.6 is 0 Å². The van der Waals surface area contributed by atoms with E-state index in [0.717, 1.165) is 5.56 Å². The van der Waals surface area contributed by atoms with E-state index in [-0.39, 0.29) is 37.2 Å². The Morgan fingerprint density at radius 3 is 2.88 bits per heavy atom. The van der Waals surface area contributed by atoms with Crippen LogP contribution in [-0.4, -0.2) is 38.4 Å². The summed E-state index contributed by atoms with van der Waals surface area (Å²) in [4.78, 5) is 32.3. The summed E-state index contributed by atoms with van der Waals surface area (Å²) in [7, 11) is 0. The number of amides is 1. The number of aliphatic carboxylic acids is 1. The number of benzene rings is 1. The molecule has 0 radical (unpaired) electrons. The number of aromatic nitrogens is 2. The standard InChI is InChI=1S/C17H19N5O4/c18-15-12(6-20-17(19)21-15)9-26-13-3-1-2-10(4-13)7-22-8-11(16(24)25)5-14(22)23/h1-4,6,11H,5,7-9H2,(H,24,25)(H4,18,19,20,21). The third kappa shape index (κ3) is 4.00. The summed E-state index contributed by atoms with van der Waals surface area (Å²) in [6.07, 6.45) is 1.55. The summed E-state index contributed by atoms with van der Waals surface area (Å²) in [5.74, 6) is -0.786. The zero-order valence-corrected chi connectivity index (χ0v) is 14.0. The number of carbonyl (C=O) groups excluding carboxylic acids is 1. The first-order valence-corrected chi connectivity index (χ1v) is 8.01. The summed E-state index contributed by atoms with van der Waals surface area (Å²) in [5, 5.41) is 9.05. The first kappa shape index (κ1) is 17.5. The Morgan fingerprint density at radius 1 is 1.38 bits per heavy atom. The third-order valence-electron chi connectivity index (χ3n) is 4.15. The summed E-state index contributed by atoms with van der Waals surface area (Å²) in [5.41, 5.74) is 12.7. The van der Waals surface area contributed by atoms with Crippen molar-refractivity contribution in [2.45, 2.75) is 19.6 Å². The molecule has 1 aromatic heterocycles. The highest BCUT2D eigenvalue weighted by Crippen LogP contribution is 2.22. The average molecular weight is 357 g/mol. The smallest absolute Gasteiger partial charge is 0.308 e. The minimum absolute atomic E-state index is 0.0436. The fourth-order valence-electron chi connectivity index (χ4n) is 2.75. The molecule has 1 aliphatic rings. The number of ether oxygens (including phenoxy) is 1. The highest BCUT2D eigenvalue weighted by molar-refractivity contribution is 5.86. The number of nitrogen functional groups attached to an aromatic ring is 2. The van der Waals surface area contributed by atoms with Crippen molar-refractivity contribution in [3.8, 4) is 5.75 Å². The lowest BCUT2D eigenvalue weighted by Crippen LogP contribution is -2.25. The molecule has 5 N–H and O–H groups in total. The van der Waals surface area contributed by atoms with Crippen LogP contribution in [0.25, 0.3) is 0 Å². The molecular weight excluding hydrogens is 338 g/mol. The predicted octanol–water partition coefficient (Wildman–Crippen LogP) is 0.653. The van der Waals surface area contributed by atoms with Crippen LogP contribution in [0.4, 0.5) is 11.8 Å². The SMILES string of the molecule is Nc1ncc(COc2cccc(CN3CC(C(=O)O)CC3=O)c2)c(N)n1. The van der Waals surface area contributed by atoms with Gasteiger partial charge in [0.05, 0.1) is 11.5 Å². The van der Waals surface area contributed by atoms with E-state index in [1.165, 1.54) is 6.20 Å². The van der Waals surface area contributed by atoms with Gasteiger partial charge in [-0.3, -0.25) is 9.59 Å². The van der Waals surface area contributed by atoms with Gasteiger partial charge in [-0.05, 0) is 17.7 Å². The first-order chi connectivity index (χ1) is 12.4. The maximum atomic E-state index is 11.9. The largest absolute Gasteiger partial charge is 0.489 e. The Kier molecular flexibility index (Phi) is 4.87. The topological polar surface area (TPSA) is 145 Å². The zero-order chi connectivity index (χ0) is 18.7. The molecule has 1 fully saturated rings. The molecule has 0 aliphatic carbocycles. The molecule has 3 rings (SSSR count). The van der Waals surface area contributed by atoms with Crippen LogP contribution in [0.2, 0.25) is 0 Å². The van der Waals surface area contributed by atoms with Crippen molar-refractivity contribution in [2.24, 2.45) is 5.92 Å². The molecular formula is C17H19N5O4. The van der Waals surface area contributed by atoms with Gasteiger partial charge in [-0.2, -0.15) is 4.98 Å². The van der Waals surface area contributed by atoms with Crippen LogP contribution in [0, 0.1) is 5.92 Å². The van der Waals surface area contributed by atoms with Crippen molar-refractivity contribution in [1.29, 1.82) is 0 Å². The van der Waals surface area contributed by atoms with Gasteiger partial charge in [0.25, 0.3) is 0 Å². The van der Waals surface area contributed by atoms with E-state index in [2.05, 4.69) is 9.97 Å². The molecule has 1 aromatic carbocycles. The number of carbonyl (C=O) groups is 2. The van der Waals surface area contributed by atoms with Crippen molar-refractivity contribution < 1.29 is 19.4 Å². The minimum Gasteiger partial charge on any atom is -0.489 e. The molecule has 0 spiro atoms. The number of nitrogens with two attached hydrogens (primary N) is 2. The average Bonchev–Trinajstić information content (AvgIpc) is 2.95. The number of carboxylic acid groups (broad SMARTS) is 1. The minimum atomic E-state index is -0.943. The van der Waals surface area contributed by atoms with Crippen LogP contribution < -0.4 is 16.2 Å². The highest BCUT2D eigenvalue weighted by Gasteiger charge is 2.34. The number of carboxylic acids is 1. The zero-order valence-electron chi connectivity index (χ0n) is 14.0. The van der Waals surface area contributed by atoms with Crippen LogP contribution in [0.1, 0.15) is 17.5 Å². The lowest BCUT2D eigenvalue weighted by Gasteiger charge is -2.16. The summed E-state index contributed by atoms with van der Waals surface area (Å²) >= 11 is 0. The van der Waals surface area contributed by atoms with Gasteiger partial charge in [-0.25, -0.2) is 4.98 Å². The Labute approximate surface area is 149 Å². The van der Waals surface area contributed by atoms with E-state index in [9.17, 15) is 9.59 Å². The van der Waals surface area contributed by atoms with E-state index in [0.29, 0.717) is 17.9 Å². The van der Waals surface area contributed by atoms with Crippen LogP contribution in [0.3, 0.4) is 0 Å². The van der Waals surface area contributed by atoms with Gasteiger partial charge in [0.1, 0.15) is 18.2 Å². The molecule has 136 valence electrons. The Bertz CT molecular complexity index is 842. The number of nitrogens with zero attached hydrogens (tertiary/aromatic N) is 3. The quantitative estimate of drug-likeness (QED) is 0.683. The molecule has 9 nitrogen and oxygen atoms in total. The molecule has 1 unspecified atom stereocenters. The summed E-state index contributed by atoms with van der Waals surface area (Å²) < 4.78 is 5.71. The first-order valence-electron chi connectivity index (χ1n) is 8.01. The molecule has 1 aliphatic heterocycles. The third-order valence-corrected chi connectivity index (χ3v) is 4.15. The van der Waals surface area contributed by atoms with Gasteiger partial charge < -0.3 is 26.2 Å². The van der Waals surface area contributed by atoms with Crippen molar-refractivity contribution in [2.75, 3.05) is 18.0 Å². The molecule has 0 saturated carbocycles. The van der Waals surface area contributed by atoms with Gasteiger partial charge in [0, 0.05) is 25.7 Å². The van der Waals surface area contributed by atoms with Crippen LogP contribution in [-0.2, 0) is 22.7 Å². The van der Waals surface area contributed by atoms with Crippen molar-refractivity contribution >= 4 is 23.6 Å². The molecule has 1 atom stereocenters. The summed E-state index contributed by atoms with van der Waals surface area (Å²) in [6.45, 7) is 0.741. The highest BCUT2D eigenvalue weighted by atomic mass is 16.5. The monoisotopic (exact) mass is 357 g/mol. The van der Waals surface area contributed by atoms with Gasteiger partial charge in [-0.1, -0.05) is 12.1 Å². The number of anilines is 2. The fourth-order valence-corrected chi connectivity index (χ4v) is 2.75. The Balaban J connectivity index is 1.63. The molecule has 1 amide bonds. The van der Waals surface area contributed by atoms with Gasteiger partial charge >= 0.3 is 5.97 Å². The van der Waals surface area contributed by atoms with E-state index in [1.807, 2.05) is 12.1 Å². The molecule has 1 saturated heterocycles.